The third-order valence-electron chi connectivity index (χ3n) is 2.61. The van der Waals surface area contributed by atoms with Crippen molar-refractivity contribution in [2.75, 3.05) is 6.26 Å². The number of carboxylic acid groups (broad SMARTS) is 1. The SMILES string of the molecule is CSc1ccc(-c2nn(C)cc2CC(=O)O)cc1. The third kappa shape index (κ3) is 2.73. The molecule has 0 bridgehead atoms. The predicted octanol–water partition coefficient (Wildman–Crippen LogP) is 2.44. The Morgan fingerprint density at radius 1 is 1.39 bits per heavy atom. The topological polar surface area (TPSA) is 55.1 Å². The van der Waals surface area contributed by atoms with Crippen LogP contribution < -0.4 is 0 Å². The lowest BCUT2D eigenvalue weighted by Gasteiger charge is -2.01. The van der Waals surface area contributed by atoms with Crippen molar-refractivity contribution in [2.24, 2.45) is 7.05 Å². The minimum absolute atomic E-state index is 0.00650. The number of benzene rings is 1. The Morgan fingerprint density at radius 2 is 2.06 bits per heavy atom. The van der Waals surface area contributed by atoms with Gasteiger partial charge in [0.05, 0.1) is 12.1 Å². The van der Waals surface area contributed by atoms with E-state index in [1.807, 2.05) is 30.5 Å². The van der Waals surface area contributed by atoms with Gasteiger partial charge in [0.15, 0.2) is 0 Å². The molecule has 0 saturated carbocycles. The second-order valence-electron chi connectivity index (χ2n) is 3.98. The van der Waals surface area contributed by atoms with E-state index in [4.69, 9.17) is 5.11 Å². The van der Waals surface area contributed by atoms with Gasteiger partial charge in [0, 0.05) is 29.3 Å². The summed E-state index contributed by atoms with van der Waals surface area (Å²) >= 11 is 1.67. The molecule has 4 nitrogen and oxygen atoms in total. The van der Waals surface area contributed by atoms with Crippen LogP contribution >= 0.6 is 11.8 Å². The zero-order valence-electron chi connectivity index (χ0n) is 10.3. The van der Waals surface area contributed by atoms with Crippen molar-refractivity contribution < 1.29 is 9.90 Å². The molecule has 1 heterocycles. The number of hydrogen-bond acceptors (Lipinski definition) is 3. The van der Waals surface area contributed by atoms with Crippen molar-refractivity contribution in [3.05, 3.63) is 36.0 Å². The van der Waals surface area contributed by atoms with Gasteiger partial charge in [0.1, 0.15) is 0 Å². The van der Waals surface area contributed by atoms with Crippen LogP contribution in [-0.4, -0.2) is 27.1 Å². The first-order valence-electron chi connectivity index (χ1n) is 5.49. The summed E-state index contributed by atoms with van der Waals surface area (Å²) in [4.78, 5) is 12.0. The van der Waals surface area contributed by atoms with Gasteiger partial charge in [-0.2, -0.15) is 5.10 Å². The molecule has 18 heavy (non-hydrogen) atoms. The fourth-order valence-corrected chi connectivity index (χ4v) is 2.23. The zero-order valence-corrected chi connectivity index (χ0v) is 11.1. The van der Waals surface area contributed by atoms with Gasteiger partial charge in [-0.1, -0.05) is 12.1 Å². The van der Waals surface area contributed by atoms with E-state index >= 15 is 0 Å². The summed E-state index contributed by atoms with van der Waals surface area (Å²) in [5.41, 5.74) is 2.43. The lowest BCUT2D eigenvalue weighted by atomic mass is 10.1. The highest BCUT2D eigenvalue weighted by atomic mass is 32.2. The smallest absolute Gasteiger partial charge is 0.307 e. The Balaban J connectivity index is 2.39. The van der Waals surface area contributed by atoms with Crippen LogP contribution in [-0.2, 0) is 18.3 Å². The lowest BCUT2D eigenvalue weighted by Crippen LogP contribution is -2.00. The van der Waals surface area contributed by atoms with Crippen LogP contribution in [0.4, 0.5) is 0 Å². The van der Waals surface area contributed by atoms with Crippen molar-refractivity contribution >= 4 is 17.7 Å². The van der Waals surface area contributed by atoms with Crippen LogP contribution in [0.3, 0.4) is 0 Å². The van der Waals surface area contributed by atoms with Gasteiger partial charge < -0.3 is 5.11 Å². The molecule has 0 fully saturated rings. The first-order chi connectivity index (χ1) is 8.60. The van der Waals surface area contributed by atoms with Crippen molar-refractivity contribution in [1.82, 2.24) is 9.78 Å². The van der Waals surface area contributed by atoms with Gasteiger partial charge in [-0.15, -0.1) is 11.8 Å². The maximum absolute atomic E-state index is 10.8. The van der Waals surface area contributed by atoms with E-state index in [-0.39, 0.29) is 6.42 Å². The Morgan fingerprint density at radius 3 is 2.61 bits per heavy atom. The van der Waals surface area contributed by atoms with Crippen molar-refractivity contribution in [3.63, 3.8) is 0 Å². The molecule has 0 amide bonds. The van der Waals surface area contributed by atoms with Crippen molar-refractivity contribution in [2.45, 2.75) is 11.3 Å². The van der Waals surface area contributed by atoms with E-state index in [0.29, 0.717) is 0 Å². The minimum Gasteiger partial charge on any atom is -0.481 e. The van der Waals surface area contributed by atoms with E-state index in [2.05, 4.69) is 5.10 Å². The molecule has 0 radical (unpaired) electrons. The van der Waals surface area contributed by atoms with Crippen molar-refractivity contribution in [3.8, 4) is 11.3 Å². The molecule has 0 spiro atoms. The van der Waals surface area contributed by atoms with Crippen LogP contribution in [0, 0.1) is 0 Å². The molecule has 2 rings (SSSR count). The average molecular weight is 262 g/mol. The lowest BCUT2D eigenvalue weighted by molar-refractivity contribution is -0.136. The van der Waals surface area contributed by atoms with Crippen LogP contribution in [0.5, 0.6) is 0 Å². The molecule has 1 aromatic carbocycles. The largest absolute Gasteiger partial charge is 0.481 e. The second-order valence-corrected chi connectivity index (χ2v) is 4.86. The summed E-state index contributed by atoms with van der Waals surface area (Å²) in [5.74, 6) is -0.843. The van der Waals surface area contributed by atoms with Crippen LogP contribution in [0.1, 0.15) is 5.56 Å². The highest BCUT2D eigenvalue weighted by molar-refractivity contribution is 7.98. The number of aliphatic carboxylic acids is 1. The maximum atomic E-state index is 10.8. The molecule has 2 aromatic rings. The molecule has 0 saturated heterocycles. The van der Waals surface area contributed by atoms with Crippen LogP contribution in [0.25, 0.3) is 11.3 Å². The Labute approximate surface area is 110 Å². The molecule has 0 aliphatic rings. The van der Waals surface area contributed by atoms with Gasteiger partial charge in [-0.25, -0.2) is 0 Å². The van der Waals surface area contributed by atoms with Crippen molar-refractivity contribution in [1.29, 1.82) is 0 Å². The van der Waals surface area contributed by atoms with Crippen LogP contribution in [0.15, 0.2) is 35.4 Å². The normalized spacial score (nSPS) is 10.6. The van der Waals surface area contributed by atoms with Gasteiger partial charge >= 0.3 is 5.97 Å². The summed E-state index contributed by atoms with van der Waals surface area (Å²) in [6.45, 7) is 0. The quantitative estimate of drug-likeness (QED) is 0.860. The summed E-state index contributed by atoms with van der Waals surface area (Å²) in [6.07, 6.45) is 3.77. The first kappa shape index (κ1) is 12.7. The highest BCUT2D eigenvalue weighted by Crippen LogP contribution is 2.25. The molecule has 0 aliphatic heterocycles. The Kier molecular flexibility index (Phi) is 3.72. The number of rotatable bonds is 4. The maximum Gasteiger partial charge on any atom is 0.307 e. The molecule has 94 valence electrons. The molecular formula is C13H14N2O2S. The Hall–Kier alpha value is -1.75. The number of thioether (sulfide) groups is 1. The molecule has 1 N–H and O–H groups in total. The number of carbonyl (C=O) groups is 1. The van der Waals surface area contributed by atoms with E-state index in [1.54, 1.807) is 29.7 Å². The predicted molar refractivity (Wildman–Crippen MR) is 71.8 cm³/mol. The van der Waals surface area contributed by atoms with Gasteiger partial charge in [-0.05, 0) is 18.4 Å². The third-order valence-corrected chi connectivity index (χ3v) is 3.35. The van der Waals surface area contributed by atoms with E-state index < -0.39 is 5.97 Å². The standard InChI is InChI=1S/C13H14N2O2S/c1-15-8-10(7-12(16)17)13(14-15)9-3-5-11(18-2)6-4-9/h3-6,8H,7H2,1-2H3,(H,16,17). The van der Waals surface area contributed by atoms with Crippen LogP contribution in [0.2, 0.25) is 0 Å². The zero-order chi connectivity index (χ0) is 13.1. The summed E-state index contributed by atoms with van der Waals surface area (Å²) in [7, 11) is 1.80. The van der Waals surface area contributed by atoms with Gasteiger partial charge in [0.2, 0.25) is 0 Å². The molecular weight excluding hydrogens is 248 g/mol. The summed E-state index contributed by atoms with van der Waals surface area (Å²) in [6, 6.07) is 7.97. The first-order valence-corrected chi connectivity index (χ1v) is 6.71. The summed E-state index contributed by atoms with van der Waals surface area (Å²) < 4.78 is 1.65. The number of carboxylic acids is 1. The highest BCUT2D eigenvalue weighted by Gasteiger charge is 2.12. The van der Waals surface area contributed by atoms with E-state index in [9.17, 15) is 4.79 Å². The fourth-order valence-electron chi connectivity index (χ4n) is 1.82. The molecule has 0 atom stereocenters. The number of aromatic nitrogens is 2. The molecule has 5 heteroatoms. The second kappa shape index (κ2) is 5.27. The number of nitrogens with zero attached hydrogens (tertiary/aromatic N) is 2. The molecule has 0 unspecified atom stereocenters. The van der Waals surface area contributed by atoms with Gasteiger partial charge in [-0.3, -0.25) is 9.48 Å². The minimum atomic E-state index is -0.843. The summed E-state index contributed by atoms with van der Waals surface area (Å²) in [5, 5.41) is 13.2. The fraction of sp³-hybridized carbons (Fsp3) is 0.231. The average Bonchev–Trinajstić information content (AvgIpc) is 2.69. The van der Waals surface area contributed by atoms with E-state index in [0.717, 1.165) is 16.8 Å². The molecule has 0 aliphatic carbocycles. The number of hydrogen-bond donors (Lipinski definition) is 1. The number of aryl methyl sites for hydroxylation is 1. The molecule has 1 aromatic heterocycles. The monoisotopic (exact) mass is 262 g/mol. The Bertz CT molecular complexity index is 561. The van der Waals surface area contributed by atoms with Gasteiger partial charge in [0.25, 0.3) is 0 Å². The van der Waals surface area contributed by atoms with E-state index in [1.165, 1.54) is 4.90 Å².